The van der Waals surface area contributed by atoms with Crippen LogP contribution >= 0.6 is 0 Å². The average molecular weight is 213 g/mol. The standard InChI is InChI=1S/C9H11NO3S/c11-14(12,13)9-6-5-7-3-1-2-4-8(7)10-9/h1-4,9-10H,5-6H2,(H,11,12,13). The Morgan fingerprint density at radius 1 is 1.36 bits per heavy atom. The first-order valence-corrected chi connectivity index (χ1v) is 5.88. The molecule has 4 nitrogen and oxygen atoms in total. The van der Waals surface area contributed by atoms with E-state index in [0.717, 1.165) is 11.3 Å². The van der Waals surface area contributed by atoms with Gasteiger partial charge in [0, 0.05) is 5.69 Å². The van der Waals surface area contributed by atoms with E-state index >= 15 is 0 Å². The van der Waals surface area contributed by atoms with Gasteiger partial charge >= 0.3 is 0 Å². The summed E-state index contributed by atoms with van der Waals surface area (Å²) in [6.07, 6.45) is 1.09. The molecular formula is C9H11NO3S. The molecule has 1 aliphatic heterocycles. The van der Waals surface area contributed by atoms with Crippen molar-refractivity contribution in [3.8, 4) is 0 Å². The molecule has 0 aromatic heterocycles. The zero-order chi connectivity index (χ0) is 10.2. The topological polar surface area (TPSA) is 66.4 Å². The molecule has 1 atom stereocenters. The highest BCUT2D eigenvalue weighted by molar-refractivity contribution is 7.86. The molecule has 0 spiro atoms. The molecule has 1 aromatic carbocycles. The molecule has 76 valence electrons. The van der Waals surface area contributed by atoms with Crippen molar-refractivity contribution in [3.05, 3.63) is 29.8 Å². The largest absolute Gasteiger partial charge is 0.367 e. The highest BCUT2D eigenvalue weighted by Crippen LogP contribution is 2.25. The summed E-state index contributed by atoms with van der Waals surface area (Å²) in [7, 11) is -3.98. The lowest BCUT2D eigenvalue weighted by Crippen LogP contribution is -2.32. The summed E-state index contributed by atoms with van der Waals surface area (Å²) in [5, 5.41) is 1.94. The maximum atomic E-state index is 10.9. The lowest BCUT2D eigenvalue weighted by atomic mass is 10.0. The Balaban J connectivity index is 2.30. The monoisotopic (exact) mass is 213 g/mol. The molecule has 2 N–H and O–H groups in total. The van der Waals surface area contributed by atoms with Gasteiger partial charge in [0.1, 0.15) is 0 Å². The Bertz CT molecular complexity index is 441. The molecule has 0 bridgehead atoms. The van der Waals surface area contributed by atoms with Crippen LogP contribution in [0, 0.1) is 0 Å². The Kier molecular flexibility index (Phi) is 2.20. The molecule has 0 aliphatic carbocycles. The summed E-state index contributed by atoms with van der Waals surface area (Å²) >= 11 is 0. The molecular weight excluding hydrogens is 202 g/mol. The molecule has 5 heteroatoms. The third-order valence-corrected chi connectivity index (χ3v) is 3.44. The van der Waals surface area contributed by atoms with E-state index in [2.05, 4.69) is 5.32 Å². The van der Waals surface area contributed by atoms with Gasteiger partial charge in [0.05, 0.1) is 0 Å². The van der Waals surface area contributed by atoms with Gasteiger partial charge in [0.15, 0.2) is 5.37 Å². The third-order valence-electron chi connectivity index (χ3n) is 2.37. The van der Waals surface area contributed by atoms with Crippen molar-refractivity contribution < 1.29 is 13.0 Å². The smallest absolute Gasteiger partial charge is 0.286 e. The highest BCUT2D eigenvalue weighted by atomic mass is 32.2. The lowest BCUT2D eigenvalue weighted by molar-refractivity contribution is 0.466. The highest BCUT2D eigenvalue weighted by Gasteiger charge is 2.26. The molecule has 0 amide bonds. The van der Waals surface area contributed by atoms with Gasteiger partial charge in [0.25, 0.3) is 10.1 Å². The Labute approximate surface area is 82.7 Å². The Hall–Kier alpha value is -1.07. The molecule has 0 fully saturated rings. The van der Waals surface area contributed by atoms with Gasteiger partial charge in [0.2, 0.25) is 0 Å². The zero-order valence-corrected chi connectivity index (χ0v) is 8.29. The van der Waals surface area contributed by atoms with Gasteiger partial charge in [-0.15, -0.1) is 0 Å². The first-order chi connectivity index (χ1) is 6.57. The minimum Gasteiger partial charge on any atom is -0.367 e. The average Bonchev–Trinajstić information content (AvgIpc) is 2.16. The van der Waals surface area contributed by atoms with Crippen LogP contribution in [0.4, 0.5) is 5.69 Å². The number of benzene rings is 1. The van der Waals surface area contributed by atoms with E-state index in [9.17, 15) is 8.42 Å². The summed E-state index contributed by atoms with van der Waals surface area (Å²) in [5.41, 5.74) is 1.88. The van der Waals surface area contributed by atoms with E-state index in [4.69, 9.17) is 4.55 Å². The van der Waals surface area contributed by atoms with Gasteiger partial charge in [-0.05, 0) is 24.5 Å². The number of hydrogen-bond acceptors (Lipinski definition) is 3. The number of aryl methyl sites for hydroxylation is 1. The van der Waals surface area contributed by atoms with E-state index < -0.39 is 15.5 Å². The van der Waals surface area contributed by atoms with Crippen molar-refractivity contribution in [2.24, 2.45) is 0 Å². The van der Waals surface area contributed by atoms with Gasteiger partial charge in [-0.25, -0.2) is 0 Å². The van der Waals surface area contributed by atoms with Crippen LogP contribution in [0.5, 0.6) is 0 Å². The fourth-order valence-electron chi connectivity index (χ4n) is 1.63. The second-order valence-corrected chi connectivity index (χ2v) is 4.94. The first kappa shape index (κ1) is 9.48. The normalized spacial score (nSPS) is 21.1. The van der Waals surface area contributed by atoms with Crippen LogP contribution in [0.1, 0.15) is 12.0 Å². The van der Waals surface area contributed by atoms with Crippen molar-refractivity contribution in [3.63, 3.8) is 0 Å². The molecule has 0 saturated heterocycles. The van der Waals surface area contributed by atoms with Crippen LogP contribution in [-0.2, 0) is 16.5 Å². The van der Waals surface area contributed by atoms with Crippen LogP contribution < -0.4 is 5.32 Å². The zero-order valence-electron chi connectivity index (χ0n) is 7.47. The third kappa shape index (κ3) is 1.73. The molecule has 0 radical (unpaired) electrons. The van der Waals surface area contributed by atoms with Crippen molar-refractivity contribution in [2.45, 2.75) is 18.2 Å². The molecule has 1 heterocycles. The van der Waals surface area contributed by atoms with Crippen LogP contribution in [0.15, 0.2) is 24.3 Å². The molecule has 1 unspecified atom stereocenters. The number of fused-ring (bicyclic) bond motifs is 1. The quantitative estimate of drug-likeness (QED) is 0.689. The number of hydrogen-bond donors (Lipinski definition) is 2. The Morgan fingerprint density at radius 2 is 2.07 bits per heavy atom. The predicted octanol–water partition coefficient (Wildman–Crippen LogP) is 1.26. The fourth-order valence-corrected chi connectivity index (χ4v) is 2.33. The summed E-state index contributed by atoms with van der Waals surface area (Å²) in [6, 6.07) is 7.50. The molecule has 14 heavy (non-hydrogen) atoms. The predicted molar refractivity (Wildman–Crippen MR) is 53.7 cm³/mol. The van der Waals surface area contributed by atoms with E-state index in [1.165, 1.54) is 0 Å². The number of nitrogens with one attached hydrogen (secondary N) is 1. The molecule has 1 aromatic rings. The summed E-state index contributed by atoms with van der Waals surface area (Å²) < 4.78 is 30.7. The fraction of sp³-hybridized carbons (Fsp3) is 0.333. The lowest BCUT2D eigenvalue weighted by Gasteiger charge is -2.24. The van der Waals surface area contributed by atoms with E-state index in [1.807, 2.05) is 24.3 Å². The van der Waals surface area contributed by atoms with Crippen LogP contribution in [0.3, 0.4) is 0 Å². The Morgan fingerprint density at radius 3 is 2.79 bits per heavy atom. The van der Waals surface area contributed by atoms with E-state index in [-0.39, 0.29) is 0 Å². The maximum Gasteiger partial charge on any atom is 0.286 e. The van der Waals surface area contributed by atoms with E-state index in [1.54, 1.807) is 0 Å². The van der Waals surface area contributed by atoms with Crippen LogP contribution in [0.2, 0.25) is 0 Å². The SMILES string of the molecule is O=S(=O)(O)C1CCc2ccccc2N1. The van der Waals surface area contributed by atoms with Crippen molar-refractivity contribution in [2.75, 3.05) is 5.32 Å². The number of rotatable bonds is 1. The molecule has 2 rings (SSSR count). The summed E-state index contributed by atoms with van der Waals surface area (Å²) in [5.74, 6) is 0. The van der Waals surface area contributed by atoms with Gasteiger partial charge in [-0.1, -0.05) is 18.2 Å². The number of anilines is 1. The molecule has 1 aliphatic rings. The van der Waals surface area contributed by atoms with Crippen molar-refractivity contribution in [1.29, 1.82) is 0 Å². The van der Waals surface area contributed by atoms with Crippen LogP contribution in [-0.4, -0.2) is 18.3 Å². The minimum absolute atomic E-state index is 0.413. The maximum absolute atomic E-state index is 10.9. The van der Waals surface area contributed by atoms with Gasteiger partial charge < -0.3 is 5.32 Å². The van der Waals surface area contributed by atoms with Gasteiger partial charge in [-0.3, -0.25) is 4.55 Å². The van der Waals surface area contributed by atoms with E-state index in [0.29, 0.717) is 12.8 Å². The molecule has 0 saturated carbocycles. The second kappa shape index (κ2) is 3.25. The second-order valence-electron chi connectivity index (χ2n) is 3.34. The summed E-state index contributed by atoms with van der Waals surface area (Å²) in [4.78, 5) is 0. The summed E-state index contributed by atoms with van der Waals surface area (Å²) in [6.45, 7) is 0. The minimum atomic E-state index is -3.98. The first-order valence-electron chi connectivity index (χ1n) is 4.38. The van der Waals surface area contributed by atoms with Gasteiger partial charge in [-0.2, -0.15) is 8.42 Å². The van der Waals surface area contributed by atoms with Crippen molar-refractivity contribution in [1.82, 2.24) is 0 Å². The number of para-hydroxylation sites is 1. The van der Waals surface area contributed by atoms with Crippen LogP contribution in [0.25, 0.3) is 0 Å². The van der Waals surface area contributed by atoms with Crippen molar-refractivity contribution >= 4 is 15.8 Å².